The average molecular weight is 640 g/mol. The maximum absolute atomic E-state index is 2.64. The summed E-state index contributed by atoms with van der Waals surface area (Å²) in [6.07, 6.45) is 17.2. The fourth-order valence-electron chi connectivity index (χ4n) is 15.5. The van der Waals surface area contributed by atoms with Crippen molar-refractivity contribution in [3.63, 3.8) is 0 Å². The predicted molar refractivity (Wildman–Crippen MR) is 389 cm³/mol. The molecule has 54 heavy (non-hydrogen) atoms. The Kier molecular flexibility index (Phi) is 27.9. The van der Waals surface area contributed by atoms with Gasteiger partial charge in [0.15, 0.2) is 0 Å². The van der Waals surface area contributed by atoms with E-state index in [1.54, 1.807) is 0 Å². The molecule has 0 aliphatic rings. The van der Waals surface area contributed by atoms with Crippen molar-refractivity contribution >= 4 is 383 Å². The maximum Gasteiger partial charge on any atom is 0.0552 e. The minimum Gasteiger partial charge on any atom is 0.00000905 e. The highest BCUT2D eigenvalue weighted by atomic mass is 13.4. The Morgan fingerprint density at radius 2 is 0.148 bits per heavy atom. The summed E-state index contributed by atoms with van der Waals surface area (Å²) < 4.78 is 0. The predicted octanol–water partition coefficient (Wildman–Crippen LogP) is -35.6. The Balaban J connectivity index is 9.98. The average Bonchev–Trinajstić information content (AvgIpc) is 2.93. The van der Waals surface area contributed by atoms with Crippen LogP contribution in [0, 0.1) is 0 Å². The summed E-state index contributed by atoms with van der Waals surface area (Å²) in [6, 6.07) is 0. The standard InChI is InChI=1S/B54H56/c1-29(2)43(30(3)4)50(44(31(5)6)32(7)8)53(49(41(25)26)42(27)28)54(51(45(33(9)10)34(11)12)46(35(13)14)36(15)16)52(47(37(17)18)38(19)20)48(39(21)22)40(23)24/h1-28H2. The fraction of sp³-hybridized carbons (Fsp3) is 0. The van der Waals surface area contributed by atoms with Crippen LogP contribution < -0.4 is 0 Å². The Bertz CT molecular complexity index is 793. The second-order valence-electron chi connectivity index (χ2n) is 24.3. The van der Waals surface area contributed by atoms with Crippen molar-refractivity contribution in [1.82, 2.24) is 0 Å². The quantitative estimate of drug-likeness (QED) is 0.0872. The lowest BCUT2D eigenvalue weighted by molar-refractivity contribution is 3.18. The lowest BCUT2D eigenvalue weighted by Crippen LogP contribution is -2.96. The van der Waals surface area contributed by atoms with Gasteiger partial charge < -0.3 is 0 Å². The number of rotatable bonds is 25. The highest BCUT2D eigenvalue weighted by Crippen LogP contribution is 2.23. The summed E-state index contributed by atoms with van der Waals surface area (Å²) >= 11 is 0. The van der Waals surface area contributed by atoms with Crippen LogP contribution in [0.25, 0.3) is 0 Å². The largest absolute Gasteiger partial charge is 0.0552 e. The Hall–Kier alpha value is 3.51. The molecule has 0 aromatic heterocycles. The van der Waals surface area contributed by atoms with Crippen molar-refractivity contribution in [3.8, 4) is 0 Å². The third kappa shape index (κ3) is 15.4. The van der Waals surface area contributed by atoms with E-state index in [9.17, 15) is 0 Å². The highest BCUT2D eigenvalue weighted by molar-refractivity contribution is 8.36. The third-order valence-corrected chi connectivity index (χ3v) is 15.7. The van der Waals surface area contributed by atoms with E-state index in [-0.39, 0.29) is 0 Å². The van der Waals surface area contributed by atoms with Gasteiger partial charge in [-0.05, 0) is 0 Å². The first kappa shape index (κ1) is 57.5. The van der Waals surface area contributed by atoms with Gasteiger partial charge in [0.05, 0.1) is 217 Å². The summed E-state index contributed by atoms with van der Waals surface area (Å²) in [5, 5.41) is 0. The van der Waals surface area contributed by atoms with Gasteiger partial charge in [0.2, 0.25) is 0 Å². The van der Waals surface area contributed by atoms with Gasteiger partial charge in [-0.15, -0.1) is 0 Å². The third-order valence-electron chi connectivity index (χ3n) is 15.7. The van der Waals surface area contributed by atoms with Crippen molar-refractivity contribution in [1.29, 1.82) is 0 Å². The van der Waals surface area contributed by atoms with Crippen LogP contribution in [0.15, 0.2) is 0 Å². The van der Waals surface area contributed by atoms with Gasteiger partial charge in [0, 0.05) is 166 Å². The lowest BCUT2D eigenvalue weighted by atomic mass is 8.24. The van der Waals surface area contributed by atoms with Crippen LogP contribution >= 0.6 is 0 Å². The molecule has 0 saturated heterocycles. The molecular formula is H56B54. The topological polar surface area (TPSA) is 0 Å². The van der Waals surface area contributed by atoms with Crippen LogP contribution in [-0.4, -0.2) is 383 Å². The molecule has 0 spiro atoms. The molecule has 0 aliphatic heterocycles. The molecule has 0 amide bonds. The summed E-state index contributed by atoms with van der Waals surface area (Å²) in [4.78, 5) is 0. The van der Waals surface area contributed by atoms with Gasteiger partial charge in [-0.2, -0.15) is 0 Å². The van der Waals surface area contributed by atoms with E-state index in [2.05, 4.69) is 217 Å². The molecule has 0 radical (unpaired) electrons. The van der Waals surface area contributed by atoms with E-state index in [1.807, 2.05) is 0 Å². The molecule has 54 heteroatoms. The number of hydrogen-bond donors (Lipinski definition) is 0. The van der Waals surface area contributed by atoms with Crippen molar-refractivity contribution < 1.29 is 0 Å². The Labute approximate surface area is 379 Å². The first-order valence-electron chi connectivity index (χ1n) is 24.5. The van der Waals surface area contributed by atoms with Crippen LogP contribution in [0.4, 0.5) is 0 Å². The molecule has 0 fully saturated rings. The summed E-state index contributed by atoms with van der Waals surface area (Å²) in [6.45, 7) is 0. The molecule has 0 atom stereocenters. The maximum atomic E-state index is 2.64. The zero-order valence-corrected chi connectivity index (χ0v) is 43.0. The fourth-order valence-corrected chi connectivity index (χ4v) is 15.5. The first-order valence-corrected chi connectivity index (χ1v) is 24.5. The molecule has 0 N–H and O–H groups in total. The van der Waals surface area contributed by atoms with Crippen molar-refractivity contribution in [2.75, 3.05) is 0 Å². The van der Waals surface area contributed by atoms with E-state index in [1.165, 1.54) is 0 Å². The van der Waals surface area contributed by atoms with Crippen molar-refractivity contribution in [3.05, 3.63) is 0 Å². The molecule has 0 saturated carbocycles. The molecule has 0 rings (SSSR count). The minimum atomic E-state index is 0.641. The minimum absolute atomic E-state index is 0.641. The van der Waals surface area contributed by atoms with Gasteiger partial charge >= 0.3 is 0 Å². The zero-order chi connectivity index (χ0) is 43.0. The second-order valence-corrected chi connectivity index (χ2v) is 24.3. The molecule has 0 aliphatic carbocycles. The second kappa shape index (κ2) is 26.2. The first-order chi connectivity index (χ1) is 24.5. The van der Waals surface area contributed by atoms with Gasteiger partial charge in [0.1, 0.15) is 0 Å². The SMILES string of the molecule is BB(B)B(B(B)B)B(B(B(B)B)B(B)B)B(B(B(B)B)B(B)B)B(B(B(B(B)B)B(B)B)B(B(B)B)B(B)B)B(B(B(B)B)B(B)B)B(B(B)B)B(B)B. The molecule has 0 heterocycles. The summed E-state index contributed by atoms with van der Waals surface area (Å²) in [7, 11) is 73.4. The number of hydrogen-bond acceptors (Lipinski definition) is 0. The molecule has 0 nitrogen and oxygen atoms in total. The van der Waals surface area contributed by atoms with Crippen LogP contribution in [0.5, 0.6) is 0 Å². The molecular weight excluding hydrogens is 584 g/mol. The van der Waals surface area contributed by atoms with Crippen LogP contribution in [-0.2, 0) is 0 Å². The van der Waals surface area contributed by atoms with Gasteiger partial charge in [-0.3, -0.25) is 0 Å². The molecule has 0 bridgehead atoms. The summed E-state index contributed by atoms with van der Waals surface area (Å²) in [5.41, 5.74) is 0. The monoisotopic (exact) mass is 651 g/mol. The van der Waals surface area contributed by atoms with Crippen LogP contribution in [0.3, 0.4) is 0 Å². The lowest BCUT2D eigenvalue weighted by Gasteiger charge is -2.57. The molecule has 0 aromatic carbocycles. The van der Waals surface area contributed by atoms with E-state index in [0.717, 1.165) is 0 Å². The van der Waals surface area contributed by atoms with Crippen molar-refractivity contribution in [2.45, 2.75) is 0 Å². The van der Waals surface area contributed by atoms with Gasteiger partial charge in [-0.25, -0.2) is 0 Å². The van der Waals surface area contributed by atoms with Crippen LogP contribution in [0.2, 0.25) is 0 Å². The van der Waals surface area contributed by atoms with E-state index in [0.29, 0.717) is 166 Å². The summed E-state index contributed by atoms with van der Waals surface area (Å²) in [5.74, 6) is 0. The van der Waals surface area contributed by atoms with Gasteiger partial charge in [0.25, 0.3) is 0 Å². The van der Waals surface area contributed by atoms with E-state index in [4.69, 9.17) is 0 Å². The normalized spacial score (nSPS) is 9.70. The van der Waals surface area contributed by atoms with E-state index >= 15 is 0 Å². The van der Waals surface area contributed by atoms with Crippen LogP contribution in [0.1, 0.15) is 0 Å². The molecule has 0 aromatic rings. The zero-order valence-electron chi connectivity index (χ0n) is 43.0. The molecule has 218 valence electrons. The Morgan fingerprint density at radius 3 is 0.222 bits per heavy atom. The Morgan fingerprint density at radius 1 is 0.0926 bits per heavy atom. The highest BCUT2D eigenvalue weighted by Gasteiger charge is 2.62. The smallest absolute Gasteiger partial charge is 0.00000905 e. The van der Waals surface area contributed by atoms with Gasteiger partial charge in [-0.1, -0.05) is 0 Å². The molecule has 0 unspecified atom stereocenters. The van der Waals surface area contributed by atoms with Crippen molar-refractivity contribution in [2.24, 2.45) is 0 Å². The van der Waals surface area contributed by atoms with E-state index < -0.39 is 0 Å².